The summed E-state index contributed by atoms with van der Waals surface area (Å²) < 4.78 is 28.4. The number of hydrogen-bond acceptors (Lipinski definition) is 9. The molecule has 1 heterocycles. The van der Waals surface area contributed by atoms with Crippen LogP contribution in [0.15, 0.2) is 133 Å². The van der Waals surface area contributed by atoms with Gasteiger partial charge in [-0.3, -0.25) is 0 Å². The van der Waals surface area contributed by atoms with Crippen LogP contribution in [0.25, 0.3) is 0 Å². The zero-order valence-corrected chi connectivity index (χ0v) is 22.7. The zero-order valence-electron chi connectivity index (χ0n) is 22.7. The van der Waals surface area contributed by atoms with Crippen molar-refractivity contribution in [3.05, 3.63) is 155 Å². The fourth-order valence-electron chi connectivity index (χ4n) is 4.12. The number of ether oxygens (including phenoxy) is 5. The van der Waals surface area contributed by atoms with E-state index in [4.69, 9.17) is 23.7 Å². The molecule has 0 radical (unpaired) electrons. The van der Waals surface area contributed by atoms with Gasteiger partial charge in [0.2, 0.25) is 0 Å². The maximum Gasteiger partial charge on any atom is 0.343 e. The lowest BCUT2D eigenvalue weighted by Gasteiger charge is -2.34. The Bertz CT molecular complexity index is 1590. The van der Waals surface area contributed by atoms with Gasteiger partial charge in [-0.05, 0) is 48.5 Å². The van der Waals surface area contributed by atoms with Gasteiger partial charge in [0.1, 0.15) is 12.7 Å². The Labute approximate surface area is 247 Å². The number of carbonyl (C=O) groups excluding carboxylic acids is 4. The van der Waals surface area contributed by atoms with Crippen molar-refractivity contribution in [3.63, 3.8) is 0 Å². The molecule has 4 aromatic rings. The minimum absolute atomic E-state index is 0.213. The molecule has 5 rings (SSSR count). The Morgan fingerprint density at radius 1 is 0.535 bits per heavy atom. The van der Waals surface area contributed by atoms with E-state index in [1.807, 2.05) is 0 Å². The highest BCUT2D eigenvalue weighted by Crippen LogP contribution is 2.27. The van der Waals surface area contributed by atoms with Crippen LogP contribution in [0, 0.1) is 0 Å². The Morgan fingerprint density at radius 2 is 0.953 bits per heavy atom. The van der Waals surface area contributed by atoms with Gasteiger partial charge in [0, 0.05) is 6.08 Å². The first-order valence-electron chi connectivity index (χ1n) is 13.4. The first-order valence-corrected chi connectivity index (χ1v) is 13.4. The predicted molar refractivity (Wildman–Crippen MR) is 153 cm³/mol. The molecule has 0 aromatic heterocycles. The van der Waals surface area contributed by atoms with Gasteiger partial charge >= 0.3 is 23.9 Å². The molecule has 216 valence electrons. The van der Waals surface area contributed by atoms with Crippen molar-refractivity contribution in [2.75, 3.05) is 6.61 Å². The van der Waals surface area contributed by atoms with Crippen LogP contribution < -0.4 is 0 Å². The molecule has 0 spiro atoms. The number of carbonyl (C=O) groups is 4. The van der Waals surface area contributed by atoms with Gasteiger partial charge < -0.3 is 23.7 Å². The normalized spacial score (nSPS) is 17.6. The van der Waals surface area contributed by atoms with E-state index in [1.165, 1.54) is 6.08 Å². The first-order chi connectivity index (χ1) is 21.0. The van der Waals surface area contributed by atoms with Crippen LogP contribution in [-0.2, 0) is 23.7 Å². The number of hydrogen-bond donors (Lipinski definition) is 0. The second kappa shape index (κ2) is 13.9. The summed E-state index contributed by atoms with van der Waals surface area (Å²) in [6.45, 7) is -0.379. The topological polar surface area (TPSA) is 114 Å². The largest absolute Gasteiger partial charge is 0.459 e. The van der Waals surface area contributed by atoms with Crippen LogP contribution in [0.5, 0.6) is 0 Å². The predicted octanol–water partition coefficient (Wildman–Crippen LogP) is 5.39. The highest BCUT2D eigenvalue weighted by molar-refractivity contribution is 5.91. The fourth-order valence-corrected chi connectivity index (χ4v) is 4.12. The molecule has 0 saturated heterocycles. The molecule has 4 aromatic carbocycles. The van der Waals surface area contributed by atoms with E-state index in [0.29, 0.717) is 5.56 Å². The fraction of sp³-hybridized carbons (Fsp3) is 0.118. The van der Waals surface area contributed by atoms with Crippen molar-refractivity contribution in [1.29, 1.82) is 0 Å². The average molecular weight is 579 g/mol. The first kappa shape index (κ1) is 29.0. The molecule has 0 amide bonds. The van der Waals surface area contributed by atoms with Gasteiger partial charge in [-0.1, -0.05) is 72.8 Å². The lowest BCUT2D eigenvalue weighted by atomic mass is 10.1. The molecule has 1 aliphatic rings. The Kier molecular flexibility index (Phi) is 9.35. The van der Waals surface area contributed by atoms with E-state index in [9.17, 15) is 19.2 Å². The SMILES string of the molecule is O=C(OC[C@@H]1O[C@H](OC(=O)c2ccccc2)C(OC(=O)c2ccccc2)=C[C@@H]1OC(=O)c1ccccc1)c1ccccc1. The van der Waals surface area contributed by atoms with Crippen LogP contribution in [0.2, 0.25) is 0 Å². The van der Waals surface area contributed by atoms with Gasteiger partial charge in [-0.2, -0.15) is 0 Å². The molecule has 1 aliphatic heterocycles. The molecule has 0 bridgehead atoms. The van der Waals surface area contributed by atoms with E-state index < -0.39 is 42.4 Å². The van der Waals surface area contributed by atoms with Gasteiger partial charge in [-0.25, -0.2) is 19.2 Å². The second-order valence-corrected chi connectivity index (χ2v) is 9.30. The van der Waals surface area contributed by atoms with E-state index >= 15 is 0 Å². The van der Waals surface area contributed by atoms with Crippen molar-refractivity contribution in [2.24, 2.45) is 0 Å². The van der Waals surface area contributed by atoms with Crippen LogP contribution in [0.1, 0.15) is 41.4 Å². The highest BCUT2D eigenvalue weighted by Gasteiger charge is 2.40. The van der Waals surface area contributed by atoms with Crippen LogP contribution in [0.3, 0.4) is 0 Å². The minimum Gasteiger partial charge on any atom is -0.459 e. The molecule has 9 heteroatoms. The van der Waals surface area contributed by atoms with Crippen molar-refractivity contribution in [3.8, 4) is 0 Å². The summed E-state index contributed by atoms with van der Waals surface area (Å²) in [6.07, 6.45) is -2.54. The molecule has 3 atom stereocenters. The number of rotatable bonds is 9. The summed E-state index contributed by atoms with van der Waals surface area (Å²) in [5.74, 6) is -3.06. The van der Waals surface area contributed by atoms with E-state index in [1.54, 1.807) is 121 Å². The standard InChI is InChI=1S/C34H26O9/c35-30(23-13-5-1-6-14-23)39-22-29-27(40-31(36)24-15-7-2-8-16-24)21-28(41-32(37)25-17-9-3-10-18-25)34(42-29)43-33(38)26-19-11-4-12-20-26/h1-21,27,29,34H,22H2/t27-,29-,34+/m0/s1. The molecule has 0 fully saturated rings. The summed E-state index contributed by atoms with van der Waals surface area (Å²) in [4.78, 5) is 51.7. The average Bonchev–Trinajstić information content (AvgIpc) is 3.06. The lowest BCUT2D eigenvalue weighted by molar-refractivity contribution is -0.179. The third-order valence-electron chi connectivity index (χ3n) is 6.31. The molecule has 9 nitrogen and oxygen atoms in total. The Hall–Kier alpha value is -5.54. The summed E-state index contributed by atoms with van der Waals surface area (Å²) in [7, 11) is 0. The van der Waals surface area contributed by atoms with Crippen LogP contribution in [0.4, 0.5) is 0 Å². The van der Waals surface area contributed by atoms with Gasteiger partial charge in [-0.15, -0.1) is 0 Å². The summed E-state index contributed by atoms with van der Waals surface area (Å²) in [5.41, 5.74) is 1.02. The van der Waals surface area contributed by atoms with Crippen molar-refractivity contribution in [1.82, 2.24) is 0 Å². The Balaban J connectivity index is 1.44. The number of benzene rings is 4. The highest BCUT2D eigenvalue weighted by atomic mass is 16.7. The van der Waals surface area contributed by atoms with Crippen LogP contribution in [-0.4, -0.2) is 49.0 Å². The smallest absolute Gasteiger partial charge is 0.343 e. The monoisotopic (exact) mass is 578 g/mol. The molecular formula is C34H26O9. The molecule has 43 heavy (non-hydrogen) atoms. The quantitative estimate of drug-likeness (QED) is 0.190. The molecule has 0 aliphatic carbocycles. The van der Waals surface area contributed by atoms with E-state index in [2.05, 4.69) is 0 Å². The summed E-state index contributed by atoms with van der Waals surface area (Å²) in [6, 6.07) is 32.9. The van der Waals surface area contributed by atoms with E-state index in [-0.39, 0.29) is 29.1 Å². The molecular weight excluding hydrogens is 552 g/mol. The lowest BCUT2D eigenvalue weighted by Crippen LogP contribution is -2.45. The van der Waals surface area contributed by atoms with Crippen molar-refractivity contribution >= 4 is 23.9 Å². The van der Waals surface area contributed by atoms with Gasteiger partial charge in [0.15, 0.2) is 11.9 Å². The van der Waals surface area contributed by atoms with Crippen molar-refractivity contribution < 1.29 is 42.9 Å². The maximum absolute atomic E-state index is 13.0. The van der Waals surface area contributed by atoms with Gasteiger partial charge in [0.25, 0.3) is 6.29 Å². The Morgan fingerprint density at radius 3 is 1.44 bits per heavy atom. The third kappa shape index (κ3) is 7.60. The van der Waals surface area contributed by atoms with E-state index in [0.717, 1.165) is 0 Å². The van der Waals surface area contributed by atoms with Crippen molar-refractivity contribution in [2.45, 2.75) is 18.5 Å². The summed E-state index contributed by atoms with van der Waals surface area (Å²) in [5, 5.41) is 0. The molecule has 0 N–H and O–H groups in total. The number of esters is 4. The maximum atomic E-state index is 13.0. The summed E-state index contributed by atoms with van der Waals surface area (Å²) >= 11 is 0. The third-order valence-corrected chi connectivity index (χ3v) is 6.31. The van der Waals surface area contributed by atoms with Gasteiger partial charge in [0.05, 0.1) is 22.3 Å². The second-order valence-electron chi connectivity index (χ2n) is 9.30. The molecule has 0 saturated carbocycles. The van der Waals surface area contributed by atoms with Crippen LogP contribution >= 0.6 is 0 Å². The zero-order chi connectivity index (χ0) is 30.0. The molecule has 0 unspecified atom stereocenters. The minimum atomic E-state index is -1.53.